The fraction of sp³-hybridized carbons (Fsp3) is 0.500. The number of carbonyl (C=O) groups excluding carboxylic acids is 1. The Morgan fingerprint density at radius 2 is 1.95 bits per heavy atom. The summed E-state index contributed by atoms with van der Waals surface area (Å²) in [6, 6.07) is 5.37. The lowest BCUT2D eigenvalue weighted by Crippen LogP contribution is -2.48. The standard InChI is InChI=1S/C14H20BrN3O/c1-2-3-17-4-6-18(7-5-17)14(19)11-8-12(15)10-13(16)9-11/h8-10H,2-7,16H2,1H3. The van der Waals surface area contributed by atoms with Gasteiger partial charge in [0.25, 0.3) is 5.91 Å². The van der Waals surface area contributed by atoms with Crippen LogP contribution in [0.1, 0.15) is 23.7 Å². The quantitative estimate of drug-likeness (QED) is 0.867. The summed E-state index contributed by atoms with van der Waals surface area (Å²) in [5.41, 5.74) is 7.06. The van der Waals surface area contributed by atoms with Gasteiger partial charge < -0.3 is 10.6 Å². The summed E-state index contributed by atoms with van der Waals surface area (Å²) in [6.07, 6.45) is 1.16. The number of benzene rings is 1. The van der Waals surface area contributed by atoms with Gasteiger partial charge in [0.2, 0.25) is 0 Å². The zero-order chi connectivity index (χ0) is 13.8. The van der Waals surface area contributed by atoms with Crippen molar-refractivity contribution >= 4 is 27.5 Å². The monoisotopic (exact) mass is 325 g/mol. The Hall–Kier alpha value is -1.07. The van der Waals surface area contributed by atoms with E-state index in [1.165, 1.54) is 0 Å². The van der Waals surface area contributed by atoms with Crippen molar-refractivity contribution in [3.63, 3.8) is 0 Å². The molecule has 1 aliphatic heterocycles. The Balaban J connectivity index is 2.01. The number of anilines is 1. The highest BCUT2D eigenvalue weighted by atomic mass is 79.9. The van der Waals surface area contributed by atoms with E-state index in [1.807, 2.05) is 11.0 Å². The zero-order valence-electron chi connectivity index (χ0n) is 11.2. The molecule has 2 N–H and O–H groups in total. The van der Waals surface area contributed by atoms with E-state index in [1.54, 1.807) is 12.1 Å². The van der Waals surface area contributed by atoms with E-state index in [-0.39, 0.29) is 5.91 Å². The summed E-state index contributed by atoms with van der Waals surface area (Å²) in [5.74, 6) is 0.0733. The number of nitrogens with zero attached hydrogens (tertiary/aromatic N) is 2. The highest BCUT2D eigenvalue weighted by Crippen LogP contribution is 2.19. The normalized spacial score (nSPS) is 16.6. The van der Waals surface area contributed by atoms with E-state index in [4.69, 9.17) is 5.73 Å². The van der Waals surface area contributed by atoms with E-state index in [0.29, 0.717) is 11.3 Å². The summed E-state index contributed by atoms with van der Waals surface area (Å²) in [6.45, 7) is 6.82. The Kier molecular flexibility index (Phi) is 4.82. The Morgan fingerprint density at radius 3 is 2.53 bits per heavy atom. The molecular formula is C14H20BrN3O. The minimum Gasteiger partial charge on any atom is -0.399 e. The molecule has 0 atom stereocenters. The smallest absolute Gasteiger partial charge is 0.254 e. The van der Waals surface area contributed by atoms with Crippen LogP contribution in [0.25, 0.3) is 0 Å². The van der Waals surface area contributed by atoms with Gasteiger partial charge in [-0.05, 0) is 31.2 Å². The van der Waals surface area contributed by atoms with E-state index in [9.17, 15) is 4.79 Å². The Labute approximate surface area is 122 Å². The zero-order valence-corrected chi connectivity index (χ0v) is 12.8. The number of rotatable bonds is 3. The molecule has 0 radical (unpaired) electrons. The van der Waals surface area contributed by atoms with E-state index in [0.717, 1.165) is 43.6 Å². The predicted molar refractivity (Wildman–Crippen MR) is 81.2 cm³/mol. The van der Waals surface area contributed by atoms with Crippen molar-refractivity contribution in [1.29, 1.82) is 0 Å². The molecule has 0 saturated carbocycles. The molecule has 0 unspecified atom stereocenters. The van der Waals surface area contributed by atoms with Gasteiger partial charge in [-0.15, -0.1) is 0 Å². The molecule has 0 spiro atoms. The largest absolute Gasteiger partial charge is 0.399 e. The predicted octanol–water partition coefficient (Wildman–Crippen LogP) is 2.20. The molecule has 5 heteroatoms. The van der Waals surface area contributed by atoms with Gasteiger partial charge in [-0.2, -0.15) is 0 Å². The molecule has 0 aliphatic carbocycles. The number of piperazine rings is 1. The van der Waals surface area contributed by atoms with E-state index in [2.05, 4.69) is 27.8 Å². The lowest BCUT2D eigenvalue weighted by atomic mass is 10.1. The molecule has 1 aromatic rings. The molecule has 1 saturated heterocycles. The van der Waals surface area contributed by atoms with Crippen LogP contribution in [0.15, 0.2) is 22.7 Å². The maximum atomic E-state index is 12.4. The lowest BCUT2D eigenvalue weighted by molar-refractivity contribution is 0.0637. The van der Waals surface area contributed by atoms with Gasteiger partial charge in [0.15, 0.2) is 0 Å². The average Bonchev–Trinajstić information content (AvgIpc) is 2.38. The minimum atomic E-state index is 0.0733. The van der Waals surface area contributed by atoms with Crippen LogP contribution in [-0.4, -0.2) is 48.4 Å². The molecule has 1 fully saturated rings. The van der Waals surface area contributed by atoms with Gasteiger partial charge >= 0.3 is 0 Å². The Bertz CT molecular complexity index is 436. The number of halogens is 1. The summed E-state index contributed by atoms with van der Waals surface area (Å²) in [4.78, 5) is 16.7. The number of hydrogen-bond acceptors (Lipinski definition) is 3. The maximum Gasteiger partial charge on any atom is 0.254 e. The molecule has 1 amide bonds. The third-order valence-corrected chi connectivity index (χ3v) is 3.82. The fourth-order valence-electron chi connectivity index (χ4n) is 2.41. The average molecular weight is 326 g/mol. The van der Waals surface area contributed by atoms with Gasteiger partial charge in [-0.25, -0.2) is 0 Å². The SMILES string of the molecule is CCCN1CCN(C(=O)c2cc(N)cc(Br)c2)CC1. The molecule has 19 heavy (non-hydrogen) atoms. The van der Waals surface area contributed by atoms with Crippen molar-refractivity contribution in [2.75, 3.05) is 38.5 Å². The number of nitrogens with two attached hydrogens (primary N) is 1. The van der Waals surface area contributed by atoms with Crippen LogP contribution < -0.4 is 5.73 Å². The van der Waals surface area contributed by atoms with Crippen LogP contribution in [0.2, 0.25) is 0 Å². The first-order valence-electron chi connectivity index (χ1n) is 6.68. The molecule has 1 heterocycles. The van der Waals surface area contributed by atoms with Gasteiger partial charge in [0.05, 0.1) is 0 Å². The molecule has 0 bridgehead atoms. The topological polar surface area (TPSA) is 49.6 Å². The number of amides is 1. The maximum absolute atomic E-state index is 12.4. The van der Waals surface area contributed by atoms with E-state index >= 15 is 0 Å². The van der Waals surface area contributed by atoms with Gasteiger partial charge in [-0.1, -0.05) is 22.9 Å². The molecule has 0 aromatic heterocycles. The van der Waals surface area contributed by atoms with Gasteiger partial charge in [-0.3, -0.25) is 9.69 Å². The highest BCUT2D eigenvalue weighted by Gasteiger charge is 2.21. The molecule has 1 aromatic carbocycles. The van der Waals surface area contributed by atoms with Gasteiger partial charge in [0.1, 0.15) is 0 Å². The second-order valence-corrected chi connectivity index (χ2v) is 5.82. The minimum absolute atomic E-state index is 0.0733. The van der Waals surface area contributed by atoms with Crippen LogP contribution >= 0.6 is 15.9 Å². The van der Waals surface area contributed by atoms with Gasteiger partial charge in [0, 0.05) is 41.9 Å². The van der Waals surface area contributed by atoms with Crippen LogP contribution in [0, 0.1) is 0 Å². The second-order valence-electron chi connectivity index (χ2n) is 4.91. The summed E-state index contributed by atoms with van der Waals surface area (Å²) in [7, 11) is 0. The fourth-order valence-corrected chi connectivity index (χ4v) is 2.92. The van der Waals surface area contributed by atoms with Crippen LogP contribution in [-0.2, 0) is 0 Å². The molecule has 104 valence electrons. The second kappa shape index (κ2) is 6.39. The first kappa shape index (κ1) is 14.3. The van der Waals surface area contributed by atoms with Crippen molar-refractivity contribution in [2.45, 2.75) is 13.3 Å². The summed E-state index contributed by atoms with van der Waals surface area (Å²) >= 11 is 3.38. The third-order valence-electron chi connectivity index (χ3n) is 3.37. The molecule has 4 nitrogen and oxygen atoms in total. The highest BCUT2D eigenvalue weighted by molar-refractivity contribution is 9.10. The van der Waals surface area contributed by atoms with Crippen LogP contribution in [0.5, 0.6) is 0 Å². The molecular weight excluding hydrogens is 306 g/mol. The number of nitrogen functional groups attached to an aromatic ring is 1. The van der Waals surface area contributed by atoms with Crippen LogP contribution in [0.3, 0.4) is 0 Å². The molecule has 2 rings (SSSR count). The van der Waals surface area contributed by atoms with Crippen LogP contribution in [0.4, 0.5) is 5.69 Å². The molecule has 1 aliphatic rings. The first-order valence-corrected chi connectivity index (χ1v) is 7.47. The van der Waals surface area contributed by atoms with Crippen molar-refractivity contribution < 1.29 is 4.79 Å². The number of hydrogen-bond donors (Lipinski definition) is 1. The number of carbonyl (C=O) groups is 1. The van der Waals surface area contributed by atoms with Crippen molar-refractivity contribution in [3.05, 3.63) is 28.2 Å². The lowest BCUT2D eigenvalue weighted by Gasteiger charge is -2.34. The van der Waals surface area contributed by atoms with E-state index < -0.39 is 0 Å². The summed E-state index contributed by atoms with van der Waals surface area (Å²) < 4.78 is 0.848. The summed E-state index contributed by atoms with van der Waals surface area (Å²) in [5, 5.41) is 0. The van der Waals surface area contributed by atoms with Crippen molar-refractivity contribution in [3.8, 4) is 0 Å². The third kappa shape index (κ3) is 3.70. The Morgan fingerprint density at radius 1 is 1.26 bits per heavy atom. The first-order chi connectivity index (χ1) is 9.10. The van der Waals surface area contributed by atoms with Crippen molar-refractivity contribution in [1.82, 2.24) is 9.80 Å². The van der Waals surface area contributed by atoms with Crippen molar-refractivity contribution in [2.24, 2.45) is 0 Å².